The molecule has 2 aromatic rings. The largest absolute Gasteiger partial charge is 0.493 e. The summed E-state index contributed by atoms with van der Waals surface area (Å²) in [5.41, 5.74) is 1.26. The van der Waals surface area contributed by atoms with Gasteiger partial charge in [0, 0.05) is 11.6 Å². The molecule has 1 saturated carbocycles. The number of nitrogens with one attached hydrogen (secondary N) is 2. The molecule has 0 aromatic heterocycles. The molecule has 0 bridgehead atoms. The number of sulfonamides is 1. The van der Waals surface area contributed by atoms with E-state index >= 15 is 0 Å². The van der Waals surface area contributed by atoms with Crippen LogP contribution in [0, 0.1) is 5.92 Å². The maximum Gasteiger partial charge on any atom is 0.251 e. The van der Waals surface area contributed by atoms with E-state index in [1.165, 1.54) is 24.3 Å². The molecule has 2 N–H and O–H groups in total. The van der Waals surface area contributed by atoms with Crippen LogP contribution < -0.4 is 19.5 Å². The SMILES string of the molecule is COc1cc(C(C)NC(=O)c2ccc(S(=O)(=O)NC3CC3)cc2)ccc1OCC(C)C. The highest BCUT2D eigenvalue weighted by Crippen LogP contribution is 2.31. The summed E-state index contributed by atoms with van der Waals surface area (Å²) in [5.74, 6) is 1.38. The van der Waals surface area contributed by atoms with Crippen molar-refractivity contribution in [3.05, 3.63) is 53.6 Å². The minimum Gasteiger partial charge on any atom is -0.493 e. The van der Waals surface area contributed by atoms with Crippen molar-refractivity contribution in [1.29, 1.82) is 0 Å². The molecule has 0 radical (unpaired) electrons. The first-order valence-electron chi connectivity index (χ1n) is 10.4. The van der Waals surface area contributed by atoms with E-state index < -0.39 is 10.0 Å². The second-order valence-electron chi connectivity index (χ2n) is 8.23. The Hall–Kier alpha value is -2.58. The zero-order valence-corrected chi connectivity index (χ0v) is 19.2. The van der Waals surface area contributed by atoms with Crippen LogP contribution in [0.3, 0.4) is 0 Å². The Morgan fingerprint density at radius 2 is 1.74 bits per heavy atom. The summed E-state index contributed by atoms with van der Waals surface area (Å²) in [5, 5.41) is 2.93. The van der Waals surface area contributed by atoms with Crippen LogP contribution in [0.1, 0.15) is 55.6 Å². The monoisotopic (exact) mass is 446 g/mol. The van der Waals surface area contributed by atoms with Gasteiger partial charge in [0.25, 0.3) is 5.91 Å². The van der Waals surface area contributed by atoms with Gasteiger partial charge in [-0.25, -0.2) is 13.1 Å². The number of ether oxygens (including phenoxy) is 2. The second-order valence-corrected chi connectivity index (χ2v) is 9.94. The number of methoxy groups -OCH3 is 1. The number of carbonyl (C=O) groups excluding carboxylic acids is 1. The molecule has 31 heavy (non-hydrogen) atoms. The third kappa shape index (κ3) is 6.21. The maximum absolute atomic E-state index is 12.6. The third-order valence-electron chi connectivity index (χ3n) is 4.93. The Kier molecular flexibility index (Phi) is 7.23. The first-order chi connectivity index (χ1) is 14.7. The van der Waals surface area contributed by atoms with Crippen LogP contribution in [0.4, 0.5) is 0 Å². The predicted molar refractivity (Wildman–Crippen MR) is 119 cm³/mol. The van der Waals surface area contributed by atoms with Crippen LogP contribution in [0.5, 0.6) is 11.5 Å². The zero-order valence-electron chi connectivity index (χ0n) is 18.3. The number of hydrogen-bond donors (Lipinski definition) is 2. The number of carbonyl (C=O) groups is 1. The van der Waals surface area contributed by atoms with Crippen LogP contribution >= 0.6 is 0 Å². The fraction of sp³-hybridized carbons (Fsp3) is 0.435. The highest BCUT2D eigenvalue weighted by atomic mass is 32.2. The van der Waals surface area contributed by atoms with Gasteiger partial charge in [0.1, 0.15) is 0 Å². The van der Waals surface area contributed by atoms with Gasteiger partial charge in [-0.05, 0) is 67.6 Å². The van der Waals surface area contributed by atoms with Gasteiger partial charge >= 0.3 is 0 Å². The molecule has 2 aromatic carbocycles. The van der Waals surface area contributed by atoms with Crippen molar-refractivity contribution < 1.29 is 22.7 Å². The fourth-order valence-electron chi connectivity index (χ4n) is 2.97. The first-order valence-corrected chi connectivity index (χ1v) is 11.9. The van der Waals surface area contributed by atoms with Crippen LogP contribution in [0.25, 0.3) is 0 Å². The van der Waals surface area contributed by atoms with Gasteiger partial charge in [0.2, 0.25) is 10.0 Å². The minimum atomic E-state index is -3.54. The zero-order chi connectivity index (χ0) is 22.6. The lowest BCUT2D eigenvalue weighted by molar-refractivity contribution is 0.0939. The van der Waals surface area contributed by atoms with Gasteiger partial charge in [-0.3, -0.25) is 4.79 Å². The fourth-order valence-corrected chi connectivity index (χ4v) is 4.27. The van der Waals surface area contributed by atoms with Gasteiger partial charge in [0.05, 0.1) is 24.7 Å². The third-order valence-corrected chi connectivity index (χ3v) is 6.47. The smallest absolute Gasteiger partial charge is 0.251 e. The van der Waals surface area contributed by atoms with Crippen molar-refractivity contribution >= 4 is 15.9 Å². The normalized spacial score (nSPS) is 14.9. The summed E-state index contributed by atoms with van der Waals surface area (Å²) in [6.45, 7) is 6.61. The van der Waals surface area contributed by atoms with Crippen molar-refractivity contribution in [1.82, 2.24) is 10.0 Å². The first kappa shape index (κ1) is 23.1. The van der Waals surface area contributed by atoms with Gasteiger partial charge in [-0.15, -0.1) is 0 Å². The Balaban J connectivity index is 1.65. The quantitative estimate of drug-likeness (QED) is 0.581. The van der Waals surface area contributed by atoms with E-state index in [4.69, 9.17) is 9.47 Å². The lowest BCUT2D eigenvalue weighted by Crippen LogP contribution is -2.27. The van der Waals surface area contributed by atoms with Crippen molar-refractivity contribution in [3.8, 4) is 11.5 Å². The average molecular weight is 447 g/mol. The molecule has 1 amide bonds. The molecule has 7 nitrogen and oxygen atoms in total. The molecule has 0 spiro atoms. The van der Waals surface area contributed by atoms with Crippen molar-refractivity contribution in [2.45, 2.75) is 50.6 Å². The molecule has 3 rings (SSSR count). The van der Waals surface area contributed by atoms with E-state index in [0.29, 0.717) is 29.6 Å². The van der Waals surface area contributed by atoms with Crippen molar-refractivity contribution in [2.24, 2.45) is 5.92 Å². The molecule has 1 atom stereocenters. The van der Waals surface area contributed by atoms with Crippen LogP contribution in [-0.2, 0) is 10.0 Å². The summed E-state index contributed by atoms with van der Waals surface area (Å²) >= 11 is 0. The summed E-state index contributed by atoms with van der Waals surface area (Å²) in [6, 6.07) is 11.3. The summed E-state index contributed by atoms with van der Waals surface area (Å²) in [6.07, 6.45) is 1.74. The van der Waals surface area contributed by atoms with E-state index in [1.807, 2.05) is 25.1 Å². The maximum atomic E-state index is 12.6. The van der Waals surface area contributed by atoms with Gasteiger partial charge in [-0.2, -0.15) is 0 Å². The van der Waals surface area contributed by atoms with E-state index in [2.05, 4.69) is 23.9 Å². The van der Waals surface area contributed by atoms with E-state index in [9.17, 15) is 13.2 Å². The lowest BCUT2D eigenvalue weighted by atomic mass is 10.1. The average Bonchev–Trinajstić information content (AvgIpc) is 3.55. The van der Waals surface area contributed by atoms with E-state index in [1.54, 1.807) is 7.11 Å². The second kappa shape index (κ2) is 9.70. The number of amides is 1. The highest BCUT2D eigenvalue weighted by Gasteiger charge is 2.28. The topological polar surface area (TPSA) is 93.7 Å². The summed E-state index contributed by atoms with van der Waals surface area (Å²) in [7, 11) is -1.95. The standard InChI is InChI=1S/C23H30N2O5S/c1-15(2)14-30-21-12-7-18(13-22(21)29-4)16(3)24-23(26)17-5-10-20(11-6-17)31(27,28)25-19-8-9-19/h5-7,10-13,15-16,19,25H,8-9,14H2,1-4H3,(H,24,26). The van der Waals surface area contributed by atoms with E-state index in [-0.39, 0.29) is 22.9 Å². The predicted octanol–water partition coefficient (Wildman–Crippen LogP) is 3.66. The van der Waals surface area contributed by atoms with Crippen LogP contribution in [0.15, 0.2) is 47.4 Å². The Labute approximate surface area is 184 Å². The molecule has 1 fully saturated rings. The number of hydrogen-bond acceptors (Lipinski definition) is 5. The number of rotatable bonds is 10. The molecular formula is C23H30N2O5S. The summed E-state index contributed by atoms with van der Waals surface area (Å²) < 4.78 is 38.4. The molecule has 0 saturated heterocycles. The Morgan fingerprint density at radius 3 is 2.32 bits per heavy atom. The van der Waals surface area contributed by atoms with Gasteiger partial charge in [-0.1, -0.05) is 19.9 Å². The number of benzene rings is 2. The molecule has 1 unspecified atom stereocenters. The van der Waals surface area contributed by atoms with Crippen LogP contribution in [-0.4, -0.2) is 34.1 Å². The molecule has 1 aliphatic rings. The molecule has 168 valence electrons. The summed E-state index contributed by atoms with van der Waals surface area (Å²) in [4.78, 5) is 12.8. The van der Waals surface area contributed by atoms with Gasteiger partial charge < -0.3 is 14.8 Å². The van der Waals surface area contributed by atoms with Crippen LogP contribution in [0.2, 0.25) is 0 Å². The Bertz CT molecular complexity index is 1010. The molecule has 0 aliphatic heterocycles. The molecule has 1 aliphatic carbocycles. The van der Waals surface area contributed by atoms with Gasteiger partial charge in [0.15, 0.2) is 11.5 Å². The lowest BCUT2D eigenvalue weighted by Gasteiger charge is -2.18. The molecular weight excluding hydrogens is 416 g/mol. The minimum absolute atomic E-state index is 0.0352. The molecule has 8 heteroatoms. The van der Waals surface area contributed by atoms with Crippen molar-refractivity contribution in [3.63, 3.8) is 0 Å². The molecule has 0 heterocycles. The van der Waals surface area contributed by atoms with E-state index in [0.717, 1.165) is 18.4 Å². The van der Waals surface area contributed by atoms with Crippen molar-refractivity contribution in [2.75, 3.05) is 13.7 Å². The highest BCUT2D eigenvalue weighted by molar-refractivity contribution is 7.89. The Morgan fingerprint density at radius 1 is 1.06 bits per heavy atom.